The Morgan fingerprint density at radius 3 is 2.15 bits per heavy atom. The second kappa shape index (κ2) is 9.70. The second-order valence-corrected chi connectivity index (χ2v) is 53.5. The maximum atomic E-state index is 8.37. The summed E-state index contributed by atoms with van der Waals surface area (Å²) in [6, 6.07) is 27.1. The van der Waals surface area contributed by atoms with E-state index >= 15 is 0 Å². The standard InChI is InChI=1S/C20H21.C13H9.C2H7Si.2ClH.Zr/c1-5-16-11-17-7-6-8-18(19(17)12-16)20-14(3)9-13(2)10-15(20)4;1-3-7-12-10(5-1)9-11-6-2-4-8-13(11)12;1-3-2;;;/h6-12H,5H2,1-4H3;1-5,7-8H,9H2;3H,1-2H3;2*1H;/q;;;;;+2/p-2. The molecule has 0 aromatic heterocycles. The van der Waals surface area contributed by atoms with Crippen LogP contribution in [0.15, 0.2) is 78.4 Å². The molecule has 0 bridgehead atoms. The first-order valence-electron chi connectivity index (χ1n) is 14.3. The predicted octanol–water partition coefficient (Wildman–Crippen LogP) is 10.0. The summed E-state index contributed by atoms with van der Waals surface area (Å²) in [5.74, 6) is -1.55. The molecule has 0 aliphatic heterocycles. The van der Waals surface area contributed by atoms with E-state index in [9.17, 15) is 0 Å². The minimum absolute atomic E-state index is 0.114. The molecule has 0 radical (unpaired) electrons. The molecule has 0 fully saturated rings. The van der Waals surface area contributed by atoms with E-state index in [0.29, 0.717) is 0 Å². The van der Waals surface area contributed by atoms with Gasteiger partial charge in [-0.1, -0.05) is 0 Å². The number of hydrogen-bond donors (Lipinski definition) is 0. The Balaban J connectivity index is 1.61. The van der Waals surface area contributed by atoms with Gasteiger partial charge in [-0.15, -0.1) is 0 Å². The average Bonchev–Trinajstić information content (AvgIpc) is 3.47. The molecule has 0 saturated heterocycles. The van der Waals surface area contributed by atoms with Crippen molar-refractivity contribution in [3.05, 3.63) is 117 Å². The number of aryl methyl sites for hydroxylation is 3. The third kappa shape index (κ3) is 4.00. The molecule has 4 aromatic rings. The van der Waals surface area contributed by atoms with E-state index in [1.54, 1.807) is 0 Å². The second-order valence-electron chi connectivity index (χ2n) is 12.1. The normalized spacial score (nSPS) is 16.9. The van der Waals surface area contributed by atoms with E-state index < -0.39 is 21.5 Å². The number of fused-ring (bicyclic) bond motifs is 4. The van der Waals surface area contributed by atoms with Gasteiger partial charge in [0.2, 0.25) is 0 Å². The summed E-state index contributed by atoms with van der Waals surface area (Å²) in [6.45, 7) is 13.8. The van der Waals surface area contributed by atoms with Crippen LogP contribution < -0.4 is 3.27 Å². The molecule has 6 rings (SSSR count). The summed E-state index contributed by atoms with van der Waals surface area (Å²) in [5.41, 5.74) is 16.2. The molecule has 1 atom stereocenters. The molecule has 0 heterocycles. The number of hydrogen-bond acceptors (Lipinski definition) is 0. The topological polar surface area (TPSA) is 0 Å². The third-order valence-corrected chi connectivity index (χ3v) is 59.4. The summed E-state index contributed by atoms with van der Waals surface area (Å²) in [6.07, 6.45) is 4.35. The van der Waals surface area contributed by atoms with E-state index in [1.165, 1.54) is 70.0 Å². The van der Waals surface area contributed by atoms with Crippen molar-refractivity contribution in [1.82, 2.24) is 0 Å². The Bertz CT molecular complexity index is 1660. The number of allylic oxidation sites excluding steroid dienone is 1. The first-order chi connectivity index (χ1) is 18.6. The maximum absolute atomic E-state index is 8.37. The van der Waals surface area contributed by atoms with Gasteiger partial charge in [0, 0.05) is 0 Å². The summed E-state index contributed by atoms with van der Waals surface area (Å²) >= 11 is -4.69. The summed E-state index contributed by atoms with van der Waals surface area (Å²) < 4.78 is 1.43. The van der Waals surface area contributed by atoms with Crippen LogP contribution in [0.25, 0.3) is 28.3 Å². The van der Waals surface area contributed by atoms with Gasteiger partial charge in [0.15, 0.2) is 0 Å². The van der Waals surface area contributed by atoms with Gasteiger partial charge in [-0.05, 0) is 0 Å². The van der Waals surface area contributed by atoms with Gasteiger partial charge in [0.05, 0.1) is 0 Å². The monoisotopic (exact) mass is 645 g/mol. The van der Waals surface area contributed by atoms with Crippen molar-refractivity contribution in [3.63, 3.8) is 0 Å². The van der Waals surface area contributed by atoms with Gasteiger partial charge in [-0.3, -0.25) is 0 Å². The predicted molar refractivity (Wildman–Crippen MR) is 172 cm³/mol. The first kappa shape index (κ1) is 27.5. The Morgan fingerprint density at radius 1 is 0.821 bits per heavy atom. The molecule has 0 N–H and O–H groups in total. The van der Waals surface area contributed by atoms with Crippen molar-refractivity contribution in [2.45, 2.75) is 57.3 Å². The Labute approximate surface area is 242 Å². The Morgan fingerprint density at radius 2 is 1.46 bits per heavy atom. The van der Waals surface area contributed by atoms with E-state index in [4.69, 9.17) is 17.0 Å². The molecule has 2 aliphatic carbocycles. The quantitative estimate of drug-likeness (QED) is 0.167. The van der Waals surface area contributed by atoms with Crippen molar-refractivity contribution in [2.24, 2.45) is 0 Å². The molecule has 1 unspecified atom stereocenters. The molecule has 39 heavy (non-hydrogen) atoms. The number of rotatable bonds is 5. The van der Waals surface area contributed by atoms with Crippen LogP contribution in [0.4, 0.5) is 0 Å². The van der Waals surface area contributed by atoms with E-state index in [2.05, 4.69) is 120 Å². The van der Waals surface area contributed by atoms with Gasteiger partial charge in [0.25, 0.3) is 0 Å². The van der Waals surface area contributed by atoms with Crippen molar-refractivity contribution < 1.29 is 15.6 Å². The van der Waals surface area contributed by atoms with Crippen molar-refractivity contribution in [1.29, 1.82) is 0 Å². The van der Waals surface area contributed by atoms with Crippen LogP contribution in [-0.2, 0) is 22.0 Å². The molecular formula is C35H37Cl2SiZr. The van der Waals surface area contributed by atoms with Crippen LogP contribution >= 0.6 is 17.0 Å². The molecule has 0 spiro atoms. The molecule has 4 aromatic carbocycles. The fraction of sp³-hybridized carbons (Fsp3) is 0.257. The van der Waals surface area contributed by atoms with Crippen LogP contribution in [0.3, 0.4) is 0 Å². The van der Waals surface area contributed by atoms with Crippen molar-refractivity contribution >= 4 is 32.3 Å². The molecule has 0 amide bonds. The zero-order valence-electron chi connectivity index (χ0n) is 23.8. The molecular weight excluding hydrogens is 611 g/mol. The van der Waals surface area contributed by atoms with Crippen LogP contribution in [0, 0.1) is 20.8 Å². The van der Waals surface area contributed by atoms with Gasteiger partial charge < -0.3 is 0 Å². The number of halogens is 2. The van der Waals surface area contributed by atoms with Gasteiger partial charge in [0.1, 0.15) is 0 Å². The van der Waals surface area contributed by atoms with Gasteiger partial charge in [-0.2, -0.15) is 0 Å². The van der Waals surface area contributed by atoms with E-state index in [-0.39, 0.29) is 3.63 Å². The third-order valence-electron chi connectivity index (χ3n) is 9.46. The van der Waals surface area contributed by atoms with Crippen molar-refractivity contribution in [3.8, 4) is 22.3 Å². The van der Waals surface area contributed by atoms with Gasteiger partial charge >= 0.3 is 245 Å². The SMILES string of the molecule is CCC1=Cc2c(-c3c(C)cc(C)cc3C)cccc2[CH]1[Zr]([Cl])([Cl])([c]1cccc2c1Cc1ccccc1-2)[SiH](C)C. The fourth-order valence-corrected chi connectivity index (χ4v) is 35.6. The summed E-state index contributed by atoms with van der Waals surface area (Å²) in [5, 5.41) is 0. The molecule has 0 nitrogen and oxygen atoms in total. The number of benzene rings is 4. The van der Waals surface area contributed by atoms with Crippen LogP contribution in [-0.4, -0.2) is 5.92 Å². The van der Waals surface area contributed by atoms with E-state index in [1.807, 2.05) is 0 Å². The molecule has 2 aliphatic rings. The molecule has 199 valence electrons. The molecule has 0 saturated carbocycles. The zero-order valence-corrected chi connectivity index (χ0v) is 29.0. The Kier molecular flexibility index (Phi) is 6.83. The van der Waals surface area contributed by atoms with Gasteiger partial charge in [-0.25, -0.2) is 0 Å². The van der Waals surface area contributed by atoms with Crippen LogP contribution in [0.2, 0.25) is 13.1 Å². The van der Waals surface area contributed by atoms with Crippen molar-refractivity contribution in [2.75, 3.05) is 0 Å². The first-order valence-corrected chi connectivity index (χ1v) is 30.4. The average molecular weight is 648 g/mol. The van der Waals surface area contributed by atoms with E-state index in [0.717, 1.165) is 12.8 Å². The summed E-state index contributed by atoms with van der Waals surface area (Å²) in [7, 11) is 16.7. The van der Waals surface area contributed by atoms with Crippen LogP contribution in [0.1, 0.15) is 55.9 Å². The summed E-state index contributed by atoms with van der Waals surface area (Å²) in [4.78, 5) is 0. The zero-order chi connectivity index (χ0) is 27.7. The molecule has 4 heteroatoms. The Hall–Kier alpha value is -1.70. The van der Waals surface area contributed by atoms with Crippen LogP contribution in [0.5, 0.6) is 0 Å². The fourth-order valence-electron chi connectivity index (χ4n) is 7.62. The minimum atomic E-state index is -4.69.